The Kier molecular flexibility index (Phi) is 5.49. The van der Waals surface area contributed by atoms with Gasteiger partial charge in [0.25, 0.3) is 11.7 Å². The largest absolute Gasteiger partial charge is 0.424 e. The molecule has 6 heteroatoms. The standard InChI is InChI=1S/C22H21N3O3/c1-22(2,3)16-7-5-15(6-8-16)19(26)20(27)25-17-9-11-18(12-10-17)28-21-23-13-4-14-24-21/h4-14H,1-3H3,(H,25,27). The highest BCUT2D eigenvalue weighted by molar-refractivity contribution is 6.46. The van der Waals surface area contributed by atoms with Crippen molar-refractivity contribution in [2.24, 2.45) is 0 Å². The van der Waals surface area contributed by atoms with Gasteiger partial charge in [0, 0.05) is 23.6 Å². The molecule has 0 saturated carbocycles. The van der Waals surface area contributed by atoms with Crippen molar-refractivity contribution in [1.29, 1.82) is 0 Å². The number of anilines is 1. The summed E-state index contributed by atoms with van der Waals surface area (Å²) in [5.41, 5.74) is 1.93. The van der Waals surface area contributed by atoms with E-state index in [4.69, 9.17) is 4.74 Å². The Morgan fingerprint density at radius 3 is 2.07 bits per heavy atom. The van der Waals surface area contributed by atoms with E-state index < -0.39 is 11.7 Å². The van der Waals surface area contributed by atoms with Crippen LogP contribution >= 0.6 is 0 Å². The Hall–Kier alpha value is -3.54. The van der Waals surface area contributed by atoms with Crippen molar-refractivity contribution in [3.63, 3.8) is 0 Å². The average Bonchev–Trinajstić information content (AvgIpc) is 2.69. The molecule has 1 N–H and O–H groups in total. The normalized spacial score (nSPS) is 11.0. The molecule has 28 heavy (non-hydrogen) atoms. The topological polar surface area (TPSA) is 81.2 Å². The van der Waals surface area contributed by atoms with Crippen LogP contribution in [0.5, 0.6) is 11.8 Å². The molecule has 6 nitrogen and oxygen atoms in total. The van der Waals surface area contributed by atoms with Crippen LogP contribution in [0.1, 0.15) is 36.7 Å². The molecule has 0 fully saturated rings. The van der Waals surface area contributed by atoms with Crippen LogP contribution in [0.3, 0.4) is 0 Å². The number of Topliss-reactive ketones (excluding diaryl/α,β-unsaturated/α-hetero) is 1. The minimum absolute atomic E-state index is 0.0154. The number of carbonyl (C=O) groups excluding carboxylic acids is 2. The van der Waals surface area contributed by atoms with E-state index in [9.17, 15) is 9.59 Å². The van der Waals surface area contributed by atoms with Crippen LogP contribution in [0.4, 0.5) is 5.69 Å². The van der Waals surface area contributed by atoms with E-state index >= 15 is 0 Å². The molecule has 0 aliphatic rings. The number of rotatable bonds is 5. The number of benzene rings is 2. The van der Waals surface area contributed by atoms with Crippen LogP contribution in [0, 0.1) is 0 Å². The maximum absolute atomic E-state index is 12.4. The maximum Gasteiger partial charge on any atom is 0.321 e. The molecular formula is C22H21N3O3. The number of hydrogen-bond acceptors (Lipinski definition) is 5. The summed E-state index contributed by atoms with van der Waals surface area (Å²) in [6.07, 6.45) is 3.16. The molecule has 0 saturated heterocycles. The molecule has 2 aromatic carbocycles. The van der Waals surface area contributed by atoms with Crippen molar-refractivity contribution in [2.75, 3.05) is 5.32 Å². The van der Waals surface area contributed by atoms with Gasteiger partial charge in [-0.15, -0.1) is 0 Å². The fraction of sp³-hybridized carbons (Fsp3) is 0.182. The summed E-state index contributed by atoms with van der Waals surface area (Å²) in [7, 11) is 0. The molecule has 142 valence electrons. The van der Waals surface area contributed by atoms with Crippen LogP contribution in [-0.4, -0.2) is 21.7 Å². The lowest BCUT2D eigenvalue weighted by atomic mass is 9.86. The second kappa shape index (κ2) is 8.00. The van der Waals surface area contributed by atoms with Crippen molar-refractivity contribution in [1.82, 2.24) is 9.97 Å². The van der Waals surface area contributed by atoms with Crippen LogP contribution in [0.15, 0.2) is 67.0 Å². The number of ether oxygens (including phenoxy) is 1. The van der Waals surface area contributed by atoms with Crippen molar-refractivity contribution < 1.29 is 14.3 Å². The van der Waals surface area contributed by atoms with E-state index in [-0.39, 0.29) is 11.4 Å². The van der Waals surface area contributed by atoms with Gasteiger partial charge in [-0.2, -0.15) is 0 Å². The van der Waals surface area contributed by atoms with Gasteiger partial charge in [-0.1, -0.05) is 45.0 Å². The first-order valence-electron chi connectivity index (χ1n) is 8.84. The molecule has 1 amide bonds. The Morgan fingerprint density at radius 1 is 0.893 bits per heavy atom. The number of carbonyl (C=O) groups is 2. The van der Waals surface area contributed by atoms with Gasteiger partial charge in [0.2, 0.25) is 0 Å². The number of ketones is 1. The van der Waals surface area contributed by atoms with Crippen molar-refractivity contribution in [3.05, 3.63) is 78.1 Å². The lowest BCUT2D eigenvalue weighted by Gasteiger charge is -2.18. The highest BCUT2D eigenvalue weighted by Crippen LogP contribution is 2.23. The van der Waals surface area contributed by atoms with E-state index in [2.05, 4.69) is 36.1 Å². The van der Waals surface area contributed by atoms with Crippen LogP contribution in [0.2, 0.25) is 0 Å². The SMILES string of the molecule is CC(C)(C)c1ccc(C(=O)C(=O)Nc2ccc(Oc3ncccn3)cc2)cc1. The van der Waals surface area contributed by atoms with Gasteiger partial charge >= 0.3 is 6.01 Å². The van der Waals surface area contributed by atoms with Gasteiger partial charge in [-0.25, -0.2) is 9.97 Å². The van der Waals surface area contributed by atoms with Gasteiger partial charge in [-0.05, 0) is 41.3 Å². The summed E-state index contributed by atoms with van der Waals surface area (Å²) >= 11 is 0. The van der Waals surface area contributed by atoms with Crippen LogP contribution in [-0.2, 0) is 10.2 Å². The van der Waals surface area contributed by atoms with Crippen LogP contribution in [0.25, 0.3) is 0 Å². The first kappa shape index (κ1) is 19.2. The predicted molar refractivity (Wildman–Crippen MR) is 107 cm³/mol. The van der Waals surface area contributed by atoms with E-state index in [1.165, 1.54) is 0 Å². The molecule has 1 aromatic heterocycles. The number of aromatic nitrogens is 2. The Morgan fingerprint density at radius 2 is 1.50 bits per heavy atom. The summed E-state index contributed by atoms with van der Waals surface area (Å²) in [6, 6.07) is 15.6. The third-order valence-corrected chi connectivity index (χ3v) is 4.08. The first-order chi connectivity index (χ1) is 13.3. The van der Waals surface area contributed by atoms with Gasteiger partial charge in [-0.3, -0.25) is 9.59 Å². The number of amides is 1. The first-order valence-corrected chi connectivity index (χ1v) is 8.84. The fourth-order valence-corrected chi connectivity index (χ4v) is 2.49. The zero-order chi connectivity index (χ0) is 20.1. The van der Waals surface area contributed by atoms with Crippen molar-refractivity contribution in [2.45, 2.75) is 26.2 Å². The molecule has 0 spiro atoms. The number of nitrogens with one attached hydrogen (secondary N) is 1. The van der Waals surface area contributed by atoms with E-state index in [1.807, 2.05) is 12.1 Å². The quantitative estimate of drug-likeness (QED) is 0.528. The van der Waals surface area contributed by atoms with Crippen LogP contribution < -0.4 is 10.1 Å². The lowest BCUT2D eigenvalue weighted by molar-refractivity contribution is -0.112. The highest BCUT2D eigenvalue weighted by atomic mass is 16.5. The molecule has 0 radical (unpaired) electrons. The number of hydrogen-bond donors (Lipinski definition) is 1. The van der Waals surface area contributed by atoms with Gasteiger partial charge in [0.15, 0.2) is 0 Å². The molecule has 3 rings (SSSR count). The van der Waals surface area contributed by atoms with Gasteiger partial charge in [0.1, 0.15) is 5.75 Å². The molecule has 0 atom stereocenters. The second-order valence-electron chi connectivity index (χ2n) is 7.27. The Balaban J connectivity index is 1.63. The zero-order valence-corrected chi connectivity index (χ0v) is 16.0. The van der Waals surface area contributed by atoms with E-state index in [0.29, 0.717) is 17.0 Å². The summed E-state index contributed by atoms with van der Waals surface area (Å²) in [6.45, 7) is 6.27. The molecule has 0 unspecified atom stereocenters. The fourth-order valence-electron chi connectivity index (χ4n) is 2.49. The molecule has 0 aliphatic heterocycles. The summed E-state index contributed by atoms with van der Waals surface area (Å²) in [5, 5.41) is 2.60. The minimum Gasteiger partial charge on any atom is -0.424 e. The molecule has 3 aromatic rings. The average molecular weight is 375 g/mol. The second-order valence-corrected chi connectivity index (χ2v) is 7.27. The van der Waals surface area contributed by atoms with Gasteiger partial charge < -0.3 is 10.1 Å². The summed E-state index contributed by atoms with van der Waals surface area (Å²) in [4.78, 5) is 32.6. The third kappa shape index (κ3) is 4.79. The lowest BCUT2D eigenvalue weighted by Crippen LogP contribution is -2.23. The molecular weight excluding hydrogens is 354 g/mol. The molecule has 1 heterocycles. The minimum atomic E-state index is -0.691. The van der Waals surface area contributed by atoms with E-state index in [1.54, 1.807) is 54.9 Å². The number of nitrogens with zero attached hydrogens (tertiary/aromatic N) is 2. The zero-order valence-electron chi connectivity index (χ0n) is 16.0. The Labute approximate surface area is 163 Å². The van der Waals surface area contributed by atoms with E-state index in [0.717, 1.165) is 5.56 Å². The molecule has 0 bridgehead atoms. The maximum atomic E-state index is 12.4. The smallest absolute Gasteiger partial charge is 0.321 e. The van der Waals surface area contributed by atoms with Gasteiger partial charge in [0.05, 0.1) is 0 Å². The van der Waals surface area contributed by atoms with Crippen molar-refractivity contribution >= 4 is 17.4 Å². The summed E-state index contributed by atoms with van der Waals surface area (Å²) in [5.74, 6) is -0.754. The monoisotopic (exact) mass is 375 g/mol. The highest BCUT2D eigenvalue weighted by Gasteiger charge is 2.18. The molecule has 0 aliphatic carbocycles. The third-order valence-electron chi connectivity index (χ3n) is 4.08. The van der Waals surface area contributed by atoms with Crippen molar-refractivity contribution in [3.8, 4) is 11.8 Å². The summed E-state index contributed by atoms with van der Waals surface area (Å²) < 4.78 is 5.49. The predicted octanol–water partition coefficient (Wildman–Crippen LogP) is 4.39. The Bertz CT molecular complexity index is 961.